The maximum Gasteiger partial charge on any atom is 0.260 e. The first-order valence-corrected chi connectivity index (χ1v) is 10.3. The number of aromatic hydroxyl groups is 1. The van der Waals surface area contributed by atoms with Gasteiger partial charge in [0.1, 0.15) is 12.3 Å². The number of carbonyl (C=O) groups is 1. The zero-order valence-electron chi connectivity index (χ0n) is 16.5. The van der Waals surface area contributed by atoms with Gasteiger partial charge >= 0.3 is 0 Å². The van der Waals surface area contributed by atoms with Gasteiger partial charge in [-0.15, -0.1) is 0 Å². The van der Waals surface area contributed by atoms with Crippen LogP contribution in [0.3, 0.4) is 0 Å². The Balaban J connectivity index is 2.17. The number of hydrogen-bond acceptors (Lipinski definition) is 7. The molecule has 1 amide bonds. The minimum Gasteiger partial charge on any atom is -0.504 e. The van der Waals surface area contributed by atoms with E-state index in [1.807, 2.05) is 0 Å². The fourth-order valence-corrected chi connectivity index (χ4v) is 3.35. The Hall–Kier alpha value is -3.27. The van der Waals surface area contributed by atoms with Gasteiger partial charge in [0.05, 0.1) is 32.4 Å². The van der Waals surface area contributed by atoms with Crippen LogP contribution in [-0.2, 0) is 14.8 Å². The molecule has 9 nitrogen and oxygen atoms in total. The van der Waals surface area contributed by atoms with Crippen molar-refractivity contribution in [2.45, 2.75) is 6.92 Å². The fourth-order valence-electron chi connectivity index (χ4n) is 2.50. The highest BCUT2D eigenvalue weighted by Gasteiger charge is 2.24. The Morgan fingerprint density at radius 3 is 2.48 bits per heavy atom. The number of aryl methyl sites for hydroxylation is 1. The average Bonchev–Trinajstić information content (AvgIpc) is 2.66. The molecule has 0 saturated heterocycles. The summed E-state index contributed by atoms with van der Waals surface area (Å²) in [4.78, 5) is 12.3. The molecule has 0 unspecified atom stereocenters. The number of benzene rings is 2. The lowest BCUT2D eigenvalue weighted by Crippen LogP contribution is -2.39. The Kier molecular flexibility index (Phi) is 7.05. The van der Waals surface area contributed by atoms with Crippen molar-refractivity contribution in [2.75, 3.05) is 31.3 Å². The second-order valence-corrected chi connectivity index (χ2v) is 8.08. The number of methoxy groups -OCH3 is 2. The molecule has 2 aromatic rings. The van der Waals surface area contributed by atoms with Gasteiger partial charge in [0.25, 0.3) is 5.91 Å². The Morgan fingerprint density at radius 1 is 1.17 bits per heavy atom. The molecule has 156 valence electrons. The molecule has 2 N–H and O–H groups in total. The number of carbonyl (C=O) groups excluding carboxylic acids is 1. The first kappa shape index (κ1) is 22.0. The molecule has 0 aromatic heterocycles. The summed E-state index contributed by atoms with van der Waals surface area (Å²) in [5.41, 5.74) is 3.93. The van der Waals surface area contributed by atoms with Crippen LogP contribution >= 0.6 is 0 Å². The fraction of sp³-hybridized carbons (Fsp3) is 0.263. The number of phenolic OH excluding ortho intramolecular Hbond substituents is 1. The molecule has 0 radical (unpaired) electrons. The number of amides is 1. The van der Waals surface area contributed by atoms with E-state index in [4.69, 9.17) is 9.47 Å². The molecule has 10 heteroatoms. The highest BCUT2D eigenvalue weighted by molar-refractivity contribution is 7.92. The molecule has 0 aliphatic heterocycles. The van der Waals surface area contributed by atoms with Crippen molar-refractivity contribution >= 4 is 27.8 Å². The normalized spacial score (nSPS) is 11.3. The van der Waals surface area contributed by atoms with Gasteiger partial charge in [0.15, 0.2) is 11.5 Å². The molecule has 29 heavy (non-hydrogen) atoms. The lowest BCUT2D eigenvalue weighted by molar-refractivity contribution is -0.119. The van der Waals surface area contributed by atoms with E-state index in [2.05, 4.69) is 10.5 Å². The Bertz CT molecular complexity index is 1020. The van der Waals surface area contributed by atoms with E-state index >= 15 is 0 Å². The van der Waals surface area contributed by atoms with E-state index in [0.717, 1.165) is 16.1 Å². The lowest BCUT2D eigenvalue weighted by Gasteiger charge is -2.23. The summed E-state index contributed by atoms with van der Waals surface area (Å²) >= 11 is 0. The predicted octanol–water partition coefficient (Wildman–Crippen LogP) is 1.63. The number of hydrazone groups is 1. The average molecular weight is 421 g/mol. The summed E-state index contributed by atoms with van der Waals surface area (Å²) in [5.74, 6) is -0.0749. The number of anilines is 1. The molecule has 0 aliphatic carbocycles. The first-order chi connectivity index (χ1) is 13.7. The van der Waals surface area contributed by atoms with Gasteiger partial charge in [-0.3, -0.25) is 9.10 Å². The topological polar surface area (TPSA) is 118 Å². The Labute approximate surface area is 169 Å². The van der Waals surface area contributed by atoms with Crippen molar-refractivity contribution in [3.05, 3.63) is 47.5 Å². The van der Waals surface area contributed by atoms with E-state index in [-0.39, 0.29) is 17.2 Å². The molecule has 0 spiro atoms. The number of rotatable bonds is 8. The van der Waals surface area contributed by atoms with E-state index < -0.39 is 22.5 Å². The second-order valence-electron chi connectivity index (χ2n) is 6.17. The molecule has 0 saturated carbocycles. The van der Waals surface area contributed by atoms with Gasteiger partial charge in [-0.2, -0.15) is 5.10 Å². The van der Waals surface area contributed by atoms with Crippen LogP contribution in [0, 0.1) is 6.92 Å². The zero-order chi connectivity index (χ0) is 21.6. The van der Waals surface area contributed by atoms with Crippen LogP contribution in [0.15, 0.2) is 41.5 Å². The van der Waals surface area contributed by atoms with Crippen molar-refractivity contribution in [3.63, 3.8) is 0 Å². The number of sulfonamides is 1. The molecule has 0 aliphatic rings. The summed E-state index contributed by atoms with van der Waals surface area (Å²) in [7, 11) is -0.922. The highest BCUT2D eigenvalue weighted by Crippen LogP contribution is 2.30. The zero-order valence-corrected chi connectivity index (χ0v) is 17.4. The Morgan fingerprint density at radius 2 is 1.86 bits per heavy atom. The largest absolute Gasteiger partial charge is 0.504 e. The van der Waals surface area contributed by atoms with Crippen molar-refractivity contribution in [1.29, 1.82) is 0 Å². The smallest absolute Gasteiger partial charge is 0.260 e. The number of phenols is 1. The summed E-state index contributed by atoms with van der Waals surface area (Å²) in [5, 5.41) is 13.4. The SMILES string of the molecule is COc1cc(/C=N\NC(=O)CN(c2cc(C)ccc2OC)S(C)(=O)=O)ccc1O. The van der Waals surface area contributed by atoms with E-state index in [0.29, 0.717) is 11.3 Å². The molecular formula is C19H23N3O6S. The van der Waals surface area contributed by atoms with Crippen molar-refractivity contribution < 1.29 is 27.8 Å². The molecule has 0 fully saturated rings. The van der Waals surface area contributed by atoms with Gasteiger partial charge < -0.3 is 14.6 Å². The first-order valence-electron chi connectivity index (χ1n) is 8.47. The highest BCUT2D eigenvalue weighted by atomic mass is 32.2. The molecular weight excluding hydrogens is 398 g/mol. The summed E-state index contributed by atoms with van der Waals surface area (Å²) in [6.07, 6.45) is 2.35. The third-order valence-electron chi connectivity index (χ3n) is 3.90. The monoisotopic (exact) mass is 421 g/mol. The number of ether oxygens (including phenoxy) is 2. The van der Waals surface area contributed by atoms with Crippen molar-refractivity contribution in [1.82, 2.24) is 5.43 Å². The number of hydrogen-bond donors (Lipinski definition) is 2. The summed E-state index contributed by atoms with van der Waals surface area (Å²) in [6, 6.07) is 9.58. The minimum atomic E-state index is -3.76. The van der Waals surface area contributed by atoms with Crippen LogP contribution in [0.1, 0.15) is 11.1 Å². The van der Waals surface area contributed by atoms with Crippen LogP contribution in [0.2, 0.25) is 0 Å². The standard InChI is InChI=1S/C19H23N3O6S/c1-13-5-8-17(27-2)15(9-13)22(29(4,25)26)12-19(24)21-20-11-14-6-7-16(23)18(10-14)28-3/h5-11,23H,12H2,1-4H3,(H,21,24)/b20-11-. The number of nitrogens with zero attached hydrogens (tertiary/aromatic N) is 2. The second kappa shape index (κ2) is 9.28. The van der Waals surface area contributed by atoms with Crippen LogP contribution in [0.5, 0.6) is 17.2 Å². The van der Waals surface area contributed by atoms with E-state index in [9.17, 15) is 18.3 Å². The molecule has 0 bridgehead atoms. The third kappa shape index (κ3) is 5.85. The van der Waals surface area contributed by atoms with Crippen LogP contribution in [0.4, 0.5) is 5.69 Å². The molecule has 0 heterocycles. The molecule has 2 aromatic carbocycles. The van der Waals surface area contributed by atoms with Crippen LogP contribution in [-0.4, -0.2) is 52.7 Å². The molecule has 2 rings (SSSR count). The van der Waals surface area contributed by atoms with Crippen molar-refractivity contribution in [3.8, 4) is 17.2 Å². The quantitative estimate of drug-likeness (QED) is 0.494. The maximum absolute atomic E-state index is 12.3. The van der Waals surface area contributed by atoms with Gasteiger partial charge in [0.2, 0.25) is 10.0 Å². The lowest BCUT2D eigenvalue weighted by atomic mass is 10.2. The van der Waals surface area contributed by atoms with E-state index in [1.165, 1.54) is 32.6 Å². The van der Waals surface area contributed by atoms with Gasteiger partial charge in [-0.05, 0) is 48.4 Å². The summed E-state index contributed by atoms with van der Waals surface area (Å²) in [6.45, 7) is 1.33. The third-order valence-corrected chi connectivity index (χ3v) is 5.02. The van der Waals surface area contributed by atoms with Gasteiger partial charge in [0, 0.05) is 0 Å². The van der Waals surface area contributed by atoms with E-state index in [1.54, 1.807) is 31.2 Å². The minimum absolute atomic E-state index is 0.0235. The maximum atomic E-state index is 12.3. The molecule has 0 atom stereocenters. The predicted molar refractivity (Wildman–Crippen MR) is 110 cm³/mol. The van der Waals surface area contributed by atoms with Crippen LogP contribution in [0.25, 0.3) is 0 Å². The van der Waals surface area contributed by atoms with Gasteiger partial charge in [-0.25, -0.2) is 13.8 Å². The summed E-state index contributed by atoms with van der Waals surface area (Å²) < 4.78 is 35.7. The van der Waals surface area contributed by atoms with Gasteiger partial charge in [-0.1, -0.05) is 6.07 Å². The van der Waals surface area contributed by atoms with Crippen LogP contribution < -0.4 is 19.2 Å². The van der Waals surface area contributed by atoms with Crippen molar-refractivity contribution in [2.24, 2.45) is 5.10 Å². The number of nitrogens with one attached hydrogen (secondary N) is 1.